The molecule has 0 radical (unpaired) electrons. The lowest BCUT2D eigenvalue weighted by molar-refractivity contribution is -0.132. The maximum atomic E-state index is 13.6. The average molecular weight is 618 g/mol. The van der Waals surface area contributed by atoms with E-state index in [4.69, 9.17) is 9.47 Å². The van der Waals surface area contributed by atoms with Crippen molar-refractivity contribution in [3.63, 3.8) is 0 Å². The number of carbonyl (C=O) groups is 2. The van der Waals surface area contributed by atoms with Gasteiger partial charge in [-0.25, -0.2) is 4.39 Å². The predicted octanol–water partition coefficient (Wildman–Crippen LogP) is 6.71. The van der Waals surface area contributed by atoms with Crippen molar-refractivity contribution in [1.82, 2.24) is 10.2 Å². The van der Waals surface area contributed by atoms with Crippen LogP contribution in [0.5, 0.6) is 11.5 Å². The van der Waals surface area contributed by atoms with Gasteiger partial charge in [-0.1, -0.05) is 54.3 Å². The lowest BCUT2D eigenvalue weighted by Crippen LogP contribution is -2.29. The number of aliphatic hydroxyl groups excluding tert-OH is 1. The van der Waals surface area contributed by atoms with Crippen LogP contribution in [0.4, 0.5) is 9.52 Å². The third kappa shape index (κ3) is 5.87. The standard InChI is InChI=1S/C32H28FN3O5S2/c1-3-13-40-24-6-4-5-20(16-24)27-26(28(37)21-9-12-25-22(15-21)14-18(2)41-25)29(38)30(39)36(27)31-34-35-32(43-31)42-17-19-7-10-23(33)11-8-19/h4-12,15-16,18,27,37H,3,13-14,17H2,1-2H3/b28-26+/t18-,27-/m1/s1. The van der Waals surface area contributed by atoms with Gasteiger partial charge in [0.1, 0.15) is 29.2 Å². The Kier molecular flexibility index (Phi) is 8.18. The van der Waals surface area contributed by atoms with Gasteiger partial charge in [0.15, 0.2) is 4.34 Å². The van der Waals surface area contributed by atoms with Crippen LogP contribution in [0.3, 0.4) is 0 Å². The summed E-state index contributed by atoms with van der Waals surface area (Å²) in [6.07, 6.45) is 1.50. The van der Waals surface area contributed by atoms with Crippen LogP contribution in [0.25, 0.3) is 5.76 Å². The molecule has 0 aliphatic carbocycles. The molecule has 6 rings (SSSR count). The maximum absolute atomic E-state index is 13.6. The summed E-state index contributed by atoms with van der Waals surface area (Å²) < 4.78 is 25.5. The van der Waals surface area contributed by atoms with Gasteiger partial charge in [0, 0.05) is 17.7 Å². The van der Waals surface area contributed by atoms with Crippen LogP contribution in [-0.4, -0.2) is 39.7 Å². The summed E-state index contributed by atoms with van der Waals surface area (Å²) in [6, 6.07) is 17.6. The highest BCUT2D eigenvalue weighted by molar-refractivity contribution is 8.00. The summed E-state index contributed by atoms with van der Waals surface area (Å²) in [4.78, 5) is 28.5. The number of amides is 1. The first-order valence-electron chi connectivity index (χ1n) is 13.9. The van der Waals surface area contributed by atoms with E-state index in [1.807, 2.05) is 19.9 Å². The van der Waals surface area contributed by atoms with Crippen molar-refractivity contribution in [2.75, 3.05) is 11.5 Å². The number of halogens is 1. The molecule has 0 unspecified atom stereocenters. The summed E-state index contributed by atoms with van der Waals surface area (Å²) in [5.41, 5.74) is 2.79. The second kappa shape index (κ2) is 12.2. The van der Waals surface area contributed by atoms with Crippen molar-refractivity contribution in [2.45, 2.75) is 48.9 Å². The lowest BCUT2D eigenvalue weighted by atomic mass is 9.94. The normalized spacial score (nSPS) is 19.0. The summed E-state index contributed by atoms with van der Waals surface area (Å²) in [5, 5.41) is 20.3. The molecule has 4 aromatic rings. The lowest BCUT2D eigenvalue weighted by Gasteiger charge is -2.23. The van der Waals surface area contributed by atoms with Gasteiger partial charge in [-0.3, -0.25) is 14.5 Å². The zero-order valence-electron chi connectivity index (χ0n) is 23.5. The van der Waals surface area contributed by atoms with Crippen molar-refractivity contribution in [1.29, 1.82) is 0 Å². The fraction of sp³-hybridized carbons (Fsp3) is 0.250. The highest BCUT2D eigenvalue weighted by Crippen LogP contribution is 2.45. The number of ketones is 1. The molecule has 220 valence electrons. The molecule has 0 spiro atoms. The van der Waals surface area contributed by atoms with Crippen molar-refractivity contribution >= 4 is 45.7 Å². The number of hydrogen-bond donors (Lipinski definition) is 1. The minimum atomic E-state index is -0.962. The quantitative estimate of drug-likeness (QED) is 0.0727. The molecule has 3 aromatic carbocycles. The number of fused-ring (bicyclic) bond motifs is 1. The molecular formula is C32H28FN3O5S2. The number of anilines is 1. The average Bonchev–Trinajstić information content (AvgIpc) is 3.70. The molecule has 0 saturated carbocycles. The minimum Gasteiger partial charge on any atom is -0.507 e. The van der Waals surface area contributed by atoms with Crippen LogP contribution >= 0.6 is 23.1 Å². The highest BCUT2D eigenvalue weighted by atomic mass is 32.2. The van der Waals surface area contributed by atoms with E-state index in [-0.39, 0.29) is 28.4 Å². The number of Topliss-reactive ketones (excluding diaryl/α,β-unsaturated/α-hetero) is 1. The molecule has 2 aliphatic heterocycles. The Morgan fingerprint density at radius 2 is 1.95 bits per heavy atom. The topological polar surface area (TPSA) is 102 Å². The Labute approximate surface area is 256 Å². The van der Waals surface area contributed by atoms with Gasteiger partial charge in [-0.05, 0) is 72.5 Å². The van der Waals surface area contributed by atoms with Crippen LogP contribution in [-0.2, 0) is 21.8 Å². The van der Waals surface area contributed by atoms with E-state index in [1.54, 1.807) is 48.5 Å². The number of thioether (sulfide) groups is 1. The number of aliphatic hydroxyl groups is 1. The third-order valence-electron chi connectivity index (χ3n) is 7.14. The fourth-order valence-corrected chi connectivity index (χ4v) is 6.97. The molecule has 43 heavy (non-hydrogen) atoms. The first kappa shape index (κ1) is 28.9. The zero-order valence-corrected chi connectivity index (χ0v) is 25.1. The van der Waals surface area contributed by atoms with Crippen molar-refractivity contribution < 1.29 is 28.6 Å². The van der Waals surface area contributed by atoms with E-state index in [2.05, 4.69) is 10.2 Å². The van der Waals surface area contributed by atoms with Crippen molar-refractivity contribution in [3.8, 4) is 11.5 Å². The van der Waals surface area contributed by atoms with Gasteiger partial charge in [-0.2, -0.15) is 0 Å². The molecule has 8 nitrogen and oxygen atoms in total. The molecule has 1 fully saturated rings. The molecular weight excluding hydrogens is 590 g/mol. The third-order valence-corrected chi connectivity index (χ3v) is 9.27. The van der Waals surface area contributed by atoms with E-state index < -0.39 is 17.7 Å². The largest absolute Gasteiger partial charge is 0.507 e. The Balaban J connectivity index is 1.39. The Morgan fingerprint density at radius 3 is 2.74 bits per heavy atom. The predicted molar refractivity (Wildman–Crippen MR) is 163 cm³/mol. The number of benzene rings is 3. The maximum Gasteiger partial charge on any atom is 0.301 e. The molecule has 1 amide bonds. The van der Waals surface area contributed by atoms with Crippen LogP contribution in [0.1, 0.15) is 48.6 Å². The molecule has 1 saturated heterocycles. The van der Waals surface area contributed by atoms with Crippen LogP contribution in [0, 0.1) is 5.82 Å². The summed E-state index contributed by atoms with van der Waals surface area (Å²) >= 11 is 2.56. The molecule has 1 N–H and O–H groups in total. The molecule has 2 atom stereocenters. The first-order valence-corrected chi connectivity index (χ1v) is 15.7. The Hall–Kier alpha value is -4.22. The summed E-state index contributed by atoms with van der Waals surface area (Å²) in [6.45, 7) is 4.47. The van der Waals surface area contributed by atoms with Gasteiger partial charge in [0.2, 0.25) is 5.13 Å². The second-order valence-electron chi connectivity index (χ2n) is 10.3. The van der Waals surface area contributed by atoms with Gasteiger partial charge in [0.05, 0.1) is 18.2 Å². The number of carbonyl (C=O) groups excluding carboxylic acids is 2. The minimum absolute atomic E-state index is 0.0105. The molecule has 0 bridgehead atoms. The van der Waals surface area contributed by atoms with Gasteiger partial charge < -0.3 is 14.6 Å². The second-order valence-corrected chi connectivity index (χ2v) is 12.5. The van der Waals surface area contributed by atoms with Gasteiger partial charge >= 0.3 is 5.91 Å². The number of ether oxygens (including phenoxy) is 2. The number of aromatic nitrogens is 2. The fourth-order valence-electron chi connectivity index (χ4n) is 5.15. The highest BCUT2D eigenvalue weighted by Gasteiger charge is 2.48. The summed E-state index contributed by atoms with van der Waals surface area (Å²) in [7, 11) is 0. The van der Waals surface area contributed by atoms with Gasteiger partial charge in [0.25, 0.3) is 5.78 Å². The van der Waals surface area contributed by atoms with E-state index in [9.17, 15) is 19.1 Å². The van der Waals surface area contributed by atoms with E-state index >= 15 is 0 Å². The summed E-state index contributed by atoms with van der Waals surface area (Å²) in [5.74, 6) is -0.367. The SMILES string of the molecule is CCCOc1cccc([C@@H]2/C(=C(\O)c3ccc4c(c3)C[C@@H](C)O4)C(=O)C(=O)N2c2nnc(SCc3ccc(F)cc3)s2)c1. The molecule has 2 aliphatic rings. The van der Waals surface area contributed by atoms with Gasteiger partial charge in [-0.15, -0.1) is 10.2 Å². The molecule has 1 aromatic heterocycles. The van der Waals surface area contributed by atoms with Crippen LogP contribution in [0.2, 0.25) is 0 Å². The Morgan fingerprint density at radius 1 is 1.14 bits per heavy atom. The van der Waals surface area contributed by atoms with Crippen LogP contribution in [0.15, 0.2) is 76.6 Å². The molecule has 11 heteroatoms. The monoisotopic (exact) mass is 617 g/mol. The number of rotatable bonds is 9. The molecule has 3 heterocycles. The first-order chi connectivity index (χ1) is 20.8. The van der Waals surface area contributed by atoms with Crippen LogP contribution < -0.4 is 14.4 Å². The smallest absolute Gasteiger partial charge is 0.301 e. The van der Waals surface area contributed by atoms with E-state index in [0.717, 1.165) is 23.3 Å². The van der Waals surface area contributed by atoms with E-state index in [1.165, 1.54) is 40.1 Å². The number of hydrogen-bond acceptors (Lipinski definition) is 9. The van der Waals surface area contributed by atoms with Crippen molar-refractivity contribution in [2.24, 2.45) is 0 Å². The number of nitrogens with zero attached hydrogens (tertiary/aromatic N) is 3. The zero-order chi connectivity index (χ0) is 30.1. The van der Waals surface area contributed by atoms with E-state index in [0.29, 0.717) is 40.0 Å². The van der Waals surface area contributed by atoms with Crippen molar-refractivity contribution in [3.05, 3.63) is 100 Å². The Bertz CT molecular complexity index is 1720.